The number of amides is 1. The lowest BCUT2D eigenvalue weighted by Gasteiger charge is -2.58. The van der Waals surface area contributed by atoms with E-state index in [1.807, 2.05) is 6.92 Å². The first-order valence-corrected chi connectivity index (χ1v) is 9.02. The van der Waals surface area contributed by atoms with Crippen LogP contribution < -0.4 is 16.6 Å². The molecule has 0 bridgehead atoms. The number of hydrogen-bond donors (Lipinski definition) is 3. The summed E-state index contributed by atoms with van der Waals surface area (Å²) in [4.78, 5) is 51.9. The van der Waals surface area contributed by atoms with E-state index in [4.69, 9.17) is 4.74 Å². The number of rotatable bonds is 6. The third kappa shape index (κ3) is 2.91. The molecule has 2 aromatic rings. The average molecular weight is 389 g/mol. The number of carbonyl (C=O) groups excluding carboxylic acids is 1. The van der Waals surface area contributed by atoms with Gasteiger partial charge in [0.2, 0.25) is 5.91 Å². The van der Waals surface area contributed by atoms with Crippen LogP contribution in [0.4, 0.5) is 0 Å². The number of nitrogens with zero attached hydrogens (tertiary/aromatic N) is 1. The van der Waals surface area contributed by atoms with Gasteiger partial charge in [0.05, 0.1) is 17.0 Å². The summed E-state index contributed by atoms with van der Waals surface area (Å²) in [5.41, 5.74) is -3.36. The van der Waals surface area contributed by atoms with Gasteiger partial charge < -0.3 is 20.1 Å². The number of nitrogens with one attached hydrogen (secondary N) is 2. The van der Waals surface area contributed by atoms with Crippen molar-refractivity contribution in [1.82, 2.24) is 14.9 Å². The number of carboxylic acids is 1. The van der Waals surface area contributed by atoms with Crippen LogP contribution in [0.25, 0.3) is 10.9 Å². The number of H-pyrrole nitrogens is 1. The van der Waals surface area contributed by atoms with E-state index in [0.717, 1.165) is 4.57 Å². The first kappa shape index (κ1) is 19.8. The van der Waals surface area contributed by atoms with E-state index in [9.17, 15) is 24.3 Å². The Morgan fingerprint density at radius 3 is 2.61 bits per heavy atom. The Bertz CT molecular complexity index is 1050. The third-order valence-corrected chi connectivity index (χ3v) is 5.67. The lowest BCUT2D eigenvalue weighted by Crippen LogP contribution is -2.76. The second-order valence-electron chi connectivity index (χ2n) is 7.50. The van der Waals surface area contributed by atoms with E-state index in [-0.39, 0.29) is 17.9 Å². The molecule has 1 aliphatic carbocycles. The van der Waals surface area contributed by atoms with Gasteiger partial charge in [-0.25, -0.2) is 9.59 Å². The predicted molar refractivity (Wildman–Crippen MR) is 101 cm³/mol. The summed E-state index contributed by atoms with van der Waals surface area (Å²) in [5.74, 6) is -1.91. The van der Waals surface area contributed by atoms with Crippen LogP contribution in [0.1, 0.15) is 27.2 Å². The summed E-state index contributed by atoms with van der Waals surface area (Å²) < 4.78 is 6.32. The number of aromatic nitrogens is 2. The zero-order chi connectivity index (χ0) is 20.7. The first-order valence-electron chi connectivity index (χ1n) is 9.02. The van der Waals surface area contributed by atoms with E-state index in [1.165, 1.54) is 0 Å². The highest BCUT2D eigenvalue weighted by atomic mass is 16.5. The molecule has 9 nitrogen and oxygen atoms in total. The summed E-state index contributed by atoms with van der Waals surface area (Å²) in [7, 11) is 0. The highest BCUT2D eigenvalue weighted by Gasteiger charge is 2.66. The van der Waals surface area contributed by atoms with Crippen LogP contribution in [0.2, 0.25) is 0 Å². The number of para-hydroxylation sites is 1. The van der Waals surface area contributed by atoms with Crippen LogP contribution in [0.5, 0.6) is 0 Å². The molecule has 1 fully saturated rings. The van der Waals surface area contributed by atoms with Gasteiger partial charge in [0.15, 0.2) is 0 Å². The molecule has 9 heteroatoms. The van der Waals surface area contributed by atoms with Crippen LogP contribution in [0, 0.1) is 5.41 Å². The second kappa shape index (κ2) is 6.90. The zero-order valence-corrected chi connectivity index (χ0v) is 15.9. The van der Waals surface area contributed by atoms with E-state index >= 15 is 0 Å². The molecule has 0 spiro atoms. The molecule has 3 N–H and O–H groups in total. The van der Waals surface area contributed by atoms with Crippen LogP contribution in [-0.2, 0) is 20.9 Å². The third-order valence-electron chi connectivity index (χ3n) is 5.67. The molecule has 3 rings (SSSR count). The highest BCUT2D eigenvalue weighted by Crippen LogP contribution is 2.51. The normalized spacial score (nSPS) is 23.2. The molecule has 0 saturated heterocycles. The Balaban J connectivity index is 1.88. The summed E-state index contributed by atoms with van der Waals surface area (Å²) in [6, 6.07) is 6.46. The van der Waals surface area contributed by atoms with Crippen molar-refractivity contribution in [2.45, 2.75) is 45.4 Å². The van der Waals surface area contributed by atoms with Gasteiger partial charge in [-0.05, 0) is 19.1 Å². The number of aromatic amines is 1. The average Bonchev–Trinajstić information content (AvgIpc) is 2.63. The Labute approximate surface area is 160 Å². The number of carbonyl (C=O) groups is 2. The number of carboxylic acid groups (broad SMARTS) is 1. The van der Waals surface area contributed by atoms with Gasteiger partial charge in [-0.2, -0.15) is 0 Å². The minimum Gasteiger partial charge on any atom is -0.479 e. The molecule has 1 aromatic carbocycles. The number of ether oxygens (including phenoxy) is 1. The zero-order valence-electron chi connectivity index (χ0n) is 15.9. The lowest BCUT2D eigenvalue weighted by atomic mass is 9.54. The van der Waals surface area contributed by atoms with Crippen LogP contribution in [0.15, 0.2) is 33.9 Å². The lowest BCUT2D eigenvalue weighted by molar-refractivity contribution is -0.194. The van der Waals surface area contributed by atoms with Crippen molar-refractivity contribution < 1.29 is 19.4 Å². The summed E-state index contributed by atoms with van der Waals surface area (Å²) >= 11 is 0. The van der Waals surface area contributed by atoms with Crippen molar-refractivity contribution in [3.05, 3.63) is 45.1 Å². The summed E-state index contributed by atoms with van der Waals surface area (Å²) in [6.45, 7) is 5.08. The van der Waals surface area contributed by atoms with E-state index in [0.29, 0.717) is 12.1 Å². The van der Waals surface area contributed by atoms with Gasteiger partial charge in [0, 0.05) is 18.4 Å². The Morgan fingerprint density at radius 2 is 2.00 bits per heavy atom. The topological polar surface area (TPSA) is 130 Å². The number of benzene rings is 1. The van der Waals surface area contributed by atoms with Gasteiger partial charge >= 0.3 is 11.7 Å². The fraction of sp³-hybridized carbons (Fsp3) is 0.474. The van der Waals surface area contributed by atoms with Gasteiger partial charge in [-0.15, -0.1) is 0 Å². The fourth-order valence-corrected chi connectivity index (χ4v) is 3.80. The molecule has 1 aromatic heterocycles. The monoisotopic (exact) mass is 389 g/mol. The Hall–Kier alpha value is -2.94. The van der Waals surface area contributed by atoms with Gasteiger partial charge in [-0.3, -0.25) is 14.2 Å². The summed E-state index contributed by atoms with van der Waals surface area (Å²) in [6.07, 6.45) is -0.210. The maximum atomic E-state index is 12.6. The Morgan fingerprint density at radius 1 is 1.32 bits per heavy atom. The SMILES string of the molecule is CCOC1CC(NC(=O)Cn2c(=O)[nH]c3ccccc3c2=O)(C(=O)O)C1(C)C. The molecule has 0 radical (unpaired) electrons. The quantitative estimate of drug-likeness (QED) is 0.658. The molecule has 2 atom stereocenters. The number of hydrogen-bond acceptors (Lipinski definition) is 5. The number of fused-ring (bicyclic) bond motifs is 1. The van der Waals surface area contributed by atoms with Crippen molar-refractivity contribution in [1.29, 1.82) is 0 Å². The maximum absolute atomic E-state index is 12.6. The van der Waals surface area contributed by atoms with E-state index < -0.39 is 40.6 Å². The van der Waals surface area contributed by atoms with Gasteiger partial charge in [-0.1, -0.05) is 26.0 Å². The first-order chi connectivity index (χ1) is 13.1. The van der Waals surface area contributed by atoms with Gasteiger partial charge in [0.1, 0.15) is 12.1 Å². The molecule has 1 saturated carbocycles. The fourth-order valence-electron chi connectivity index (χ4n) is 3.80. The Kier molecular flexibility index (Phi) is 4.88. The standard InChI is InChI=1S/C19H23N3O6/c1-4-28-13-9-19(16(25)26,18(13,2)3)21-14(23)10-22-15(24)11-7-5-6-8-12(11)20-17(22)27/h5-8,13H,4,9-10H2,1-3H3,(H,20,27)(H,21,23)(H,25,26). The minimum atomic E-state index is -1.53. The molecular weight excluding hydrogens is 366 g/mol. The van der Waals surface area contributed by atoms with Gasteiger partial charge in [0.25, 0.3) is 5.56 Å². The van der Waals surface area contributed by atoms with Crippen molar-refractivity contribution >= 4 is 22.8 Å². The van der Waals surface area contributed by atoms with E-state index in [2.05, 4.69) is 10.3 Å². The smallest absolute Gasteiger partial charge is 0.330 e. The number of aliphatic carboxylic acids is 1. The molecule has 1 aliphatic rings. The van der Waals surface area contributed by atoms with Crippen LogP contribution in [-0.4, -0.2) is 44.8 Å². The molecular formula is C19H23N3O6. The minimum absolute atomic E-state index is 0.109. The highest BCUT2D eigenvalue weighted by molar-refractivity contribution is 5.89. The van der Waals surface area contributed by atoms with Crippen LogP contribution >= 0.6 is 0 Å². The largest absolute Gasteiger partial charge is 0.479 e. The van der Waals surface area contributed by atoms with Crippen molar-refractivity contribution in [3.63, 3.8) is 0 Å². The van der Waals surface area contributed by atoms with Crippen LogP contribution in [0.3, 0.4) is 0 Å². The van der Waals surface area contributed by atoms with E-state index in [1.54, 1.807) is 38.1 Å². The molecule has 1 amide bonds. The summed E-state index contributed by atoms with van der Waals surface area (Å²) in [5, 5.41) is 12.6. The van der Waals surface area contributed by atoms with Crippen molar-refractivity contribution in [2.75, 3.05) is 6.61 Å². The van der Waals surface area contributed by atoms with Crippen molar-refractivity contribution in [3.8, 4) is 0 Å². The molecule has 2 unspecified atom stereocenters. The maximum Gasteiger partial charge on any atom is 0.330 e. The molecule has 0 aliphatic heterocycles. The molecule has 150 valence electrons. The molecule has 1 heterocycles. The molecule has 28 heavy (non-hydrogen) atoms. The predicted octanol–water partition coefficient (Wildman–Crippen LogP) is 0.464. The van der Waals surface area contributed by atoms with Crippen molar-refractivity contribution in [2.24, 2.45) is 5.41 Å². The second-order valence-corrected chi connectivity index (χ2v) is 7.50.